The minimum atomic E-state index is -0.538. The highest BCUT2D eigenvalue weighted by Gasteiger charge is 2.67. The molecule has 2 N–H and O–H groups in total. The number of rotatable bonds is 1. The molecule has 0 radical (unpaired) electrons. The van der Waals surface area contributed by atoms with E-state index in [0.29, 0.717) is 23.7 Å². The van der Waals surface area contributed by atoms with Gasteiger partial charge in [0, 0.05) is 12.1 Å². The number of carbonyl (C=O) groups is 1. The average Bonchev–Trinajstić information content (AvgIpc) is 3.18. The molecule has 5 heteroatoms. The molecule has 9 atom stereocenters. The Morgan fingerprint density at radius 3 is 2.50 bits per heavy atom. The molecule has 4 aliphatic carbocycles. The largest absolute Gasteiger partial charge is 0.466 e. The van der Waals surface area contributed by atoms with Crippen LogP contribution in [0.4, 0.5) is 0 Å². The highest BCUT2D eigenvalue weighted by atomic mass is 16.8. The predicted octanol–water partition coefficient (Wildman–Crippen LogP) is 4.20. The van der Waals surface area contributed by atoms with Crippen LogP contribution in [0.5, 0.6) is 0 Å². The van der Waals surface area contributed by atoms with Crippen LogP contribution in [0.25, 0.3) is 0 Å². The van der Waals surface area contributed by atoms with E-state index < -0.39 is 5.79 Å². The number of nitrogens with two attached hydrogens (primary N) is 1. The lowest BCUT2D eigenvalue weighted by Crippen LogP contribution is -2.63. The van der Waals surface area contributed by atoms with Crippen molar-refractivity contribution in [2.24, 2.45) is 40.2 Å². The quantitative estimate of drug-likeness (QED) is 0.511. The molecule has 1 saturated heterocycles. The minimum Gasteiger partial charge on any atom is -0.466 e. The van der Waals surface area contributed by atoms with Gasteiger partial charge in [-0.25, -0.2) is 4.79 Å². The smallest absolute Gasteiger partial charge is 0.330 e. The van der Waals surface area contributed by atoms with Crippen molar-refractivity contribution in [3.05, 3.63) is 11.6 Å². The minimum absolute atomic E-state index is 0.0598. The lowest BCUT2D eigenvalue weighted by atomic mass is 9.43. The van der Waals surface area contributed by atoms with Gasteiger partial charge in [-0.15, -0.1) is 0 Å². The van der Waals surface area contributed by atoms with E-state index in [4.69, 9.17) is 19.9 Å². The summed E-state index contributed by atoms with van der Waals surface area (Å²) in [6.45, 7) is 9.05. The topological polar surface area (TPSA) is 70.8 Å². The zero-order valence-corrected chi connectivity index (χ0v) is 19.3. The molecule has 4 unspecified atom stereocenters. The van der Waals surface area contributed by atoms with Crippen molar-refractivity contribution in [2.75, 3.05) is 7.11 Å². The Morgan fingerprint density at radius 1 is 1.03 bits per heavy atom. The van der Waals surface area contributed by atoms with E-state index in [-0.39, 0.29) is 35.0 Å². The molecule has 5 aliphatic rings. The lowest BCUT2D eigenvalue weighted by molar-refractivity contribution is -0.173. The molecule has 1 aliphatic heterocycles. The van der Waals surface area contributed by atoms with Crippen molar-refractivity contribution in [1.82, 2.24) is 0 Å². The molecular weight excluding hydrogens is 378 g/mol. The van der Waals surface area contributed by atoms with Crippen LogP contribution in [-0.4, -0.2) is 37.1 Å². The molecule has 0 aromatic carbocycles. The molecule has 0 amide bonds. The van der Waals surface area contributed by atoms with Gasteiger partial charge in [-0.3, -0.25) is 0 Å². The van der Waals surface area contributed by atoms with E-state index in [1.807, 2.05) is 0 Å². The Balaban J connectivity index is 1.55. The van der Waals surface area contributed by atoms with Crippen molar-refractivity contribution < 1.29 is 19.0 Å². The molecule has 0 aromatic rings. The third kappa shape index (κ3) is 2.87. The summed E-state index contributed by atoms with van der Waals surface area (Å²) < 4.78 is 18.2. The number of carbonyl (C=O) groups excluding carboxylic acids is 1. The van der Waals surface area contributed by atoms with Gasteiger partial charge in [0.1, 0.15) is 0 Å². The Morgan fingerprint density at radius 2 is 1.77 bits per heavy atom. The van der Waals surface area contributed by atoms with Gasteiger partial charge >= 0.3 is 5.97 Å². The van der Waals surface area contributed by atoms with Crippen LogP contribution in [-0.2, 0) is 19.0 Å². The van der Waals surface area contributed by atoms with E-state index in [9.17, 15) is 4.79 Å². The fraction of sp³-hybridized carbons (Fsp3) is 0.880. The maximum atomic E-state index is 12.0. The van der Waals surface area contributed by atoms with E-state index in [0.717, 1.165) is 32.1 Å². The zero-order valence-electron chi connectivity index (χ0n) is 19.3. The summed E-state index contributed by atoms with van der Waals surface area (Å²) in [5, 5.41) is 0. The van der Waals surface area contributed by atoms with Gasteiger partial charge < -0.3 is 19.9 Å². The lowest BCUT2D eigenvalue weighted by Gasteiger charge is -2.63. The number of ether oxygens (including phenoxy) is 3. The second-order valence-corrected chi connectivity index (χ2v) is 11.7. The van der Waals surface area contributed by atoms with E-state index in [2.05, 4.69) is 27.7 Å². The van der Waals surface area contributed by atoms with Crippen LogP contribution in [0.2, 0.25) is 0 Å². The van der Waals surface area contributed by atoms with Crippen LogP contribution in [0.1, 0.15) is 72.6 Å². The summed E-state index contributed by atoms with van der Waals surface area (Å²) in [7, 11) is 1.47. The first kappa shape index (κ1) is 21.0. The van der Waals surface area contributed by atoms with E-state index in [1.165, 1.54) is 25.5 Å². The summed E-state index contributed by atoms with van der Waals surface area (Å²) in [4.78, 5) is 12.0. The van der Waals surface area contributed by atoms with Crippen molar-refractivity contribution in [1.29, 1.82) is 0 Å². The van der Waals surface area contributed by atoms with Crippen molar-refractivity contribution in [3.63, 3.8) is 0 Å². The normalized spacial score (nSPS) is 52.9. The fourth-order valence-electron chi connectivity index (χ4n) is 8.50. The van der Waals surface area contributed by atoms with E-state index >= 15 is 0 Å². The number of hydrogen-bond acceptors (Lipinski definition) is 5. The third-order valence-electron chi connectivity index (χ3n) is 9.92. The number of fused-ring (bicyclic) bond motifs is 8. The molecule has 0 aromatic heterocycles. The number of allylic oxidation sites excluding steroid dienone is 1. The summed E-state index contributed by atoms with van der Waals surface area (Å²) in [6.07, 6.45) is 9.89. The molecule has 0 spiro atoms. The van der Waals surface area contributed by atoms with E-state index in [1.54, 1.807) is 6.08 Å². The maximum Gasteiger partial charge on any atom is 0.330 e. The number of methoxy groups -OCH3 is 1. The van der Waals surface area contributed by atoms with Gasteiger partial charge in [0.2, 0.25) is 0 Å². The molecule has 5 fully saturated rings. The van der Waals surface area contributed by atoms with Crippen molar-refractivity contribution in [3.8, 4) is 0 Å². The molecule has 168 valence electrons. The summed E-state index contributed by atoms with van der Waals surface area (Å²) in [5.41, 5.74) is 8.06. The predicted molar refractivity (Wildman–Crippen MR) is 114 cm³/mol. The van der Waals surface area contributed by atoms with Crippen LogP contribution in [0, 0.1) is 34.5 Å². The van der Waals surface area contributed by atoms with Crippen LogP contribution in [0.15, 0.2) is 11.6 Å². The first-order chi connectivity index (χ1) is 14.1. The molecule has 0 bridgehead atoms. The number of esters is 1. The molecule has 5 nitrogen and oxygen atoms in total. The van der Waals surface area contributed by atoms with Crippen LogP contribution in [0.3, 0.4) is 0 Å². The molecule has 4 saturated carbocycles. The second-order valence-electron chi connectivity index (χ2n) is 11.7. The van der Waals surface area contributed by atoms with Crippen molar-refractivity contribution in [2.45, 2.75) is 96.7 Å². The van der Waals surface area contributed by atoms with Gasteiger partial charge in [0.05, 0.1) is 19.3 Å². The molecule has 30 heavy (non-hydrogen) atoms. The fourth-order valence-corrected chi connectivity index (χ4v) is 8.50. The van der Waals surface area contributed by atoms with Gasteiger partial charge in [0.15, 0.2) is 5.79 Å². The summed E-state index contributed by atoms with van der Waals surface area (Å²) in [6, 6.07) is 0.280. The zero-order chi connectivity index (χ0) is 21.5. The Hall–Kier alpha value is -0.910. The number of hydrogen-bond donors (Lipinski definition) is 1. The Bertz CT molecular complexity index is 762. The van der Waals surface area contributed by atoms with Gasteiger partial charge in [-0.2, -0.15) is 0 Å². The highest BCUT2D eigenvalue weighted by Crippen LogP contribution is 2.69. The standard InChI is InChI=1S/C25H39NO4/c1-23(2)29-21-18-13-15(26)8-10-25(18,4)17-9-11-24(3)14(12-19(27)28-5)6-7-16(24)20(17)22(21)30-23/h12,15-18,20-22H,6-11,13,26H2,1-5H3/b14-12+/t15-,16?,17?,18?,20?,21-,22-,24-,25-/m1/s1. The first-order valence-electron chi connectivity index (χ1n) is 12.0. The van der Waals surface area contributed by atoms with Gasteiger partial charge in [0.25, 0.3) is 0 Å². The Kier molecular flexibility index (Phi) is 4.75. The Labute approximate surface area is 181 Å². The monoisotopic (exact) mass is 417 g/mol. The van der Waals surface area contributed by atoms with Crippen LogP contribution >= 0.6 is 0 Å². The molecule has 5 rings (SSSR count). The summed E-state index contributed by atoms with van der Waals surface area (Å²) in [5.74, 6) is 1.38. The van der Waals surface area contributed by atoms with Gasteiger partial charge in [-0.05, 0) is 93.3 Å². The van der Waals surface area contributed by atoms with Crippen molar-refractivity contribution >= 4 is 5.97 Å². The second kappa shape index (κ2) is 6.79. The first-order valence-corrected chi connectivity index (χ1v) is 12.0. The summed E-state index contributed by atoms with van der Waals surface area (Å²) >= 11 is 0. The SMILES string of the molecule is COC(=O)/C=C1\CCC2C3C(CC[C@]12C)[C@@]1(C)CC[C@@H](N)CC1[C@H]1OC(C)(C)O[C@H]31. The average molecular weight is 418 g/mol. The maximum absolute atomic E-state index is 12.0. The third-order valence-corrected chi connectivity index (χ3v) is 9.92. The highest BCUT2D eigenvalue weighted by molar-refractivity contribution is 5.83. The van der Waals surface area contributed by atoms with Crippen LogP contribution < -0.4 is 5.73 Å². The molecule has 1 heterocycles. The molecular formula is C25H39NO4. The van der Waals surface area contributed by atoms with Gasteiger partial charge in [-0.1, -0.05) is 19.4 Å².